The van der Waals surface area contributed by atoms with E-state index in [0.717, 1.165) is 17.5 Å². The van der Waals surface area contributed by atoms with Gasteiger partial charge in [-0.15, -0.1) is 0 Å². The number of aryl methyl sites for hydroxylation is 2. The van der Waals surface area contributed by atoms with E-state index in [2.05, 4.69) is 10.5 Å². The van der Waals surface area contributed by atoms with E-state index in [-0.39, 0.29) is 18.5 Å². The quantitative estimate of drug-likeness (QED) is 0.859. The summed E-state index contributed by atoms with van der Waals surface area (Å²) >= 11 is 0. The van der Waals surface area contributed by atoms with Gasteiger partial charge in [0.1, 0.15) is 17.0 Å². The summed E-state index contributed by atoms with van der Waals surface area (Å²) in [6.07, 6.45) is 1.39. The number of rotatable bonds is 2. The maximum atomic E-state index is 12.9. The van der Waals surface area contributed by atoms with Crippen molar-refractivity contribution >= 4 is 11.9 Å². The molecule has 1 atom stereocenters. The molecule has 0 saturated carbocycles. The van der Waals surface area contributed by atoms with Crippen LogP contribution in [0.4, 0.5) is 4.79 Å². The Morgan fingerprint density at radius 1 is 1.36 bits per heavy atom. The molecule has 112 valence electrons. The molecule has 1 aliphatic heterocycles. The molecule has 2 aromatic rings. The second kappa shape index (κ2) is 4.43. The molecule has 0 bridgehead atoms. The second-order valence-corrected chi connectivity index (χ2v) is 5.81. The van der Waals surface area contributed by atoms with Gasteiger partial charge in [0.2, 0.25) is 0 Å². The van der Waals surface area contributed by atoms with Crippen molar-refractivity contribution in [3.63, 3.8) is 0 Å². The van der Waals surface area contributed by atoms with Crippen LogP contribution < -0.4 is 5.32 Å². The number of carbonyl (C=O) groups is 2. The Bertz CT molecular complexity index is 782. The zero-order valence-electron chi connectivity index (χ0n) is 12.1. The number of urea groups is 1. The molecule has 2 heterocycles. The molecule has 1 spiro atoms. The van der Waals surface area contributed by atoms with Gasteiger partial charge in [-0.05, 0) is 30.9 Å². The van der Waals surface area contributed by atoms with Crippen LogP contribution in [-0.2, 0) is 23.3 Å². The molecule has 1 aromatic carbocycles. The van der Waals surface area contributed by atoms with Crippen LogP contribution in [0.5, 0.6) is 0 Å². The lowest BCUT2D eigenvalue weighted by Crippen LogP contribution is -2.41. The first-order valence-corrected chi connectivity index (χ1v) is 7.25. The van der Waals surface area contributed by atoms with Crippen LogP contribution in [0.1, 0.15) is 29.0 Å². The van der Waals surface area contributed by atoms with Crippen molar-refractivity contribution in [1.29, 1.82) is 0 Å². The lowest BCUT2D eigenvalue weighted by molar-refractivity contribution is -0.132. The molecule has 1 N–H and O–H groups in total. The smallest absolute Gasteiger partial charge is 0.325 e. The number of benzene rings is 1. The number of amides is 3. The molecule has 2 aliphatic rings. The largest absolute Gasteiger partial charge is 0.361 e. The highest BCUT2D eigenvalue weighted by Gasteiger charge is 2.55. The molecule has 4 rings (SSSR count). The third-order valence-electron chi connectivity index (χ3n) is 4.42. The Balaban J connectivity index is 1.68. The number of carbonyl (C=O) groups excluding carboxylic acids is 2. The predicted octanol–water partition coefficient (Wildman–Crippen LogP) is 1.88. The first-order valence-electron chi connectivity index (χ1n) is 7.25. The minimum absolute atomic E-state index is 0.131. The summed E-state index contributed by atoms with van der Waals surface area (Å²) in [7, 11) is 0. The van der Waals surface area contributed by atoms with Crippen molar-refractivity contribution in [3.05, 3.63) is 52.9 Å². The first kappa shape index (κ1) is 13.1. The summed E-state index contributed by atoms with van der Waals surface area (Å²) < 4.78 is 5.00. The molecular weight excluding hydrogens is 282 g/mol. The average Bonchev–Trinajstić information content (AvgIpc) is 3.15. The van der Waals surface area contributed by atoms with Crippen LogP contribution in [-0.4, -0.2) is 22.0 Å². The Morgan fingerprint density at radius 3 is 2.95 bits per heavy atom. The van der Waals surface area contributed by atoms with Gasteiger partial charge >= 0.3 is 6.03 Å². The summed E-state index contributed by atoms with van der Waals surface area (Å²) in [6, 6.07) is 9.14. The zero-order chi connectivity index (χ0) is 15.3. The van der Waals surface area contributed by atoms with Crippen molar-refractivity contribution in [2.24, 2.45) is 0 Å². The zero-order valence-corrected chi connectivity index (χ0v) is 12.1. The highest BCUT2D eigenvalue weighted by Crippen LogP contribution is 2.41. The third kappa shape index (κ3) is 1.70. The number of nitrogens with one attached hydrogen (secondary N) is 1. The molecule has 0 unspecified atom stereocenters. The number of fused-ring (bicyclic) bond motifs is 2. The molecular formula is C16H15N3O3. The van der Waals surface area contributed by atoms with Crippen molar-refractivity contribution < 1.29 is 14.1 Å². The molecule has 3 amide bonds. The van der Waals surface area contributed by atoms with E-state index in [1.165, 1.54) is 4.90 Å². The summed E-state index contributed by atoms with van der Waals surface area (Å²) in [5, 5.41) is 6.75. The van der Waals surface area contributed by atoms with Crippen LogP contribution in [0.2, 0.25) is 0 Å². The first-order chi connectivity index (χ1) is 10.6. The van der Waals surface area contributed by atoms with Crippen molar-refractivity contribution in [2.75, 3.05) is 0 Å². The summed E-state index contributed by atoms with van der Waals surface area (Å²) in [5.74, 6) is 0.450. The van der Waals surface area contributed by atoms with E-state index in [1.807, 2.05) is 24.3 Å². The van der Waals surface area contributed by atoms with Crippen molar-refractivity contribution in [1.82, 2.24) is 15.4 Å². The Labute approximate surface area is 127 Å². The number of aromatic nitrogens is 1. The van der Waals surface area contributed by atoms with E-state index < -0.39 is 5.54 Å². The van der Waals surface area contributed by atoms with Gasteiger partial charge in [-0.2, -0.15) is 0 Å². The van der Waals surface area contributed by atoms with E-state index >= 15 is 0 Å². The van der Waals surface area contributed by atoms with Gasteiger partial charge in [0.25, 0.3) is 5.91 Å². The van der Waals surface area contributed by atoms with E-state index in [1.54, 1.807) is 13.0 Å². The normalized spacial score (nSPS) is 23.2. The molecule has 1 saturated heterocycles. The van der Waals surface area contributed by atoms with Crippen LogP contribution in [0, 0.1) is 6.92 Å². The van der Waals surface area contributed by atoms with Gasteiger partial charge in [0, 0.05) is 6.07 Å². The molecule has 6 nitrogen and oxygen atoms in total. The Hall–Kier alpha value is -2.63. The van der Waals surface area contributed by atoms with Crippen LogP contribution >= 0.6 is 0 Å². The second-order valence-electron chi connectivity index (χ2n) is 5.81. The number of imide groups is 1. The van der Waals surface area contributed by atoms with Gasteiger partial charge in [0.15, 0.2) is 0 Å². The summed E-state index contributed by atoms with van der Waals surface area (Å²) in [6.45, 7) is 1.91. The van der Waals surface area contributed by atoms with Crippen LogP contribution in [0.25, 0.3) is 0 Å². The lowest BCUT2D eigenvalue weighted by Gasteiger charge is -2.22. The fourth-order valence-corrected chi connectivity index (χ4v) is 3.39. The Kier molecular flexibility index (Phi) is 2.63. The minimum atomic E-state index is -0.910. The highest BCUT2D eigenvalue weighted by atomic mass is 16.5. The molecule has 1 aromatic heterocycles. The maximum absolute atomic E-state index is 12.9. The topological polar surface area (TPSA) is 75.4 Å². The highest BCUT2D eigenvalue weighted by molar-refractivity contribution is 6.08. The molecule has 0 radical (unpaired) electrons. The molecule has 6 heteroatoms. The van der Waals surface area contributed by atoms with Gasteiger partial charge < -0.3 is 9.84 Å². The minimum Gasteiger partial charge on any atom is -0.361 e. The van der Waals surface area contributed by atoms with Crippen molar-refractivity contribution in [2.45, 2.75) is 31.8 Å². The van der Waals surface area contributed by atoms with Gasteiger partial charge in [-0.25, -0.2) is 4.79 Å². The SMILES string of the molecule is Cc1cc(CN2C(=O)N[C@]3(CCc4ccccc43)C2=O)no1. The third-order valence-corrected chi connectivity index (χ3v) is 4.42. The van der Waals surface area contributed by atoms with Gasteiger partial charge in [-0.3, -0.25) is 9.69 Å². The average molecular weight is 297 g/mol. The fourth-order valence-electron chi connectivity index (χ4n) is 3.39. The fraction of sp³-hybridized carbons (Fsp3) is 0.312. The number of nitrogens with zero attached hydrogens (tertiary/aromatic N) is 2. The van der Waals surface area contributed by atoms with Crippen LogP contribution in [0.3, 0.4) is 0 Å². The van der Waals surface area contributed by atoms with Crippen molar-refractivity contribution in [3.8, 4) is 0 Å². The van der Waals surface area contributed by atoms with Crippen LogP contribution in [0.15, 0.2) is 34.9 Å². The van der Waals surface area contributed by atoms with E-state index in [9.17, 15) is 9.59 Å². The number of hydrogen-bond donors (Lipinski definition) is 1. The molecule has 22 heavy (non-hydrogen) atoms. The monoisotopic (exact) mass is 297 g/mol. The number of hydrogen-bond acceptors (Lipinski definition) is 4. The predicted molar refractivity (Wildman–Crippen MR) is 76.8 cm³/mol. The molecule has 1 fully saturated rings. The maximum Gasteiger partial charge on any atom is 0.325 e. The molecule has 1 aliphatic carbocycles. The van der Waals surface area contributed by atoms with Gasteiger partial charge in [0.05, 0.1) is 6.54 Å². The van der Waals surface area contributed by atoms with E-state index in [4.69, 9.17) is 4.52 Å². The lowest BCUT2D eigenvalue weighted by atomic mass is 9.92. The van der Waals surface area contributed by atoms with E-state index in [0.29, 0.717) is 17.9 Å². The Morgan fingerprint density at radius 2 is 2.18 bits per heavy atom. The summed E-state index contributed by atoms with van der Waals surface area (Å²) in [4.78, 5) is 26.4. The standard InChI is InChI=1S/C16H15N3O3/c1-10-8-12(18-22-10)9-19-14(20)16(17-15(19)21)7-6-11-4-2-3-5-13(11)16/h2-5,8H,6-7,9H2,1H3,(H,17,21)/t16-/m0/s1. The van der Waals surface area contributed by atoms with Gasteiger partial charge in [-0.1, -0.05) is 29.4 Å². The summed E-state index contributed by atoms with van der Waals surface area (Å²) in [5.41, 5.74) is 1.69.